The van der Waals surface area contributed by atoms with Crippen molar-refractivity contribution in [2.45, 2.75) is 51.0 Å². The summed E-state index contributed by atoms with van der Waals surface area (Å²) in [5, 5.41) is 0. The molecule has 3 aliphatic rings. The SMILES string of the molecule is COc1cc2c(cc1[18F])[C@H]1CC[C@]3(C)[C@@H](OC)CC[C@H]3[C@@H]1CC2=O. The average molecular weight is 331 g/mol. The third-order valence-electron chi connectivity index (χ3n) is 7.08. The van der Waals surface area contributed by atoms with Crippen molar-refractivity contribution in [2.24, 2.45) is 17.3 Å². The molecule has 5 atom stereocenters. The van der Waals surface area contributed by atoms with Crippen molar-refractivity contribution >= 4 is 5.78 Å². The summed E-state index contributed by atoms with van der Waals surface area (Å²) in [5.41, 5.74) is 1.72. The Morgan fingerprint density at radius 2 is 2.00 bits per heavy atom. The van der Waals surface area contributed by atoms with E-state index in [2.05, 4.69) is 6.92 Å². The van der Waals surface area contributed by atoms with E-state index < -0.39 is 0 Å². The summed E-state index contributed by atoms with van der Waals surface area (Å²) in [5.74, 6) is 1.03. The van der Waals surface area contributed by atoms with Gasteiger partial charge in [0.15, 0.2) is 17.3 Å². The van der Waals surface area contributed by atoms with Gasteiger partial charge in [-0.15, -0.1) is 0 Å². The first kappa shape index (κ1) is 16.1. The van der Waals surface area contributed by atoms with E-state index in [9.17, 15) is 9.18 Å². The molecule has 1 aromatic rings. The summed E-state index contributed by atoms with van der Waals surface area (Å²) in [7, 11) is 3.24. The quantitative estimate of drug-likeness (QED) is 0.808. The first-order valence-electron chi connectivity index (χ1n) is 8.93. The van der Waals surface area contributed by atoms with E-state index in [1.807, 2.05) is 0 Å². The average Bonchev–Trinajstić information content (AvgIpc) is 2.91. The van der Waals surface area contributed by atoms with Crippen LogP contribution in [0.3, 0.4) is 0 Å². The highest BCUT2D eigenvalue weighted by atomic mass is 18.2. The van der Waals surface area contributed by atoms with Crippen LogP contribution in [-0.2, 0) is 4.74 Å². The zero-order chi connectivity index (χ0) is 17.1. The monoisotopic (exact) mass is 331 g/mol. The van der Waals surface area contributed by atoms with Crippen LogP contribution in [0.15, 0.2) is 12.1 Å². The predicted molar refractivity (Wildman–Crippen MR) is 89.0 cm³/mol. The molecule has 0 bridgehead atoms. The molecule has 0 unspecified atom stereocenters. The summed E-state index contributed by atoms with van der Waals surface area (Å²) < 4.78 is 25.1. The molecule has 2 fully saturated rings. The number of fused-ring (bicyclic) bond motifs is 5. The minimum Gasteiger partial charge on any atom is -0.494 e. The molecule has 0 spiro atoms. The van der Waals surface area contributed by atoms with Crippen LogP contribution in [-0.4, -0.2) is 26.1 Å². The maximum Gasteiger partial charge on any atom is 0.165 e. The number of benzene rings is 1. The van der Waals surface area contributed by atoms with Crippen LogP contribution >= 0.6 is 0 Å². The molecule has 0 saturated heterocycles. The Morgan fingerprint density at radius 3 is 2.71 bits per heavy atom. The summed E-state index contributed by atoms with van der Waals surface area (Å²) >= 11 is 0. The lowest BCUT2D eigenvalue weighted by molar-refractivity contribution is -0.0427. The van der Waals surface area contributed by atoms with E-state index in [0.29, 0.717) is 23.8 Å². The van der Waals surface area contributed by atoms with Crippen LogP contribution in [0.25, 0.3) is 0 Å². The fourth-order valence-corrected chi connectivity index (χ4v) is 5.89. The third-order valence-corrected chi connectivity index (χ3v) is 7.08. The van der Waals surface area contributed by atoms with E-state index in [0.717, 1.165) is 31.2 Å². The summed E-state index contributed by atoms with van der Waals surface area (Å²) in [6, 6.07) is 3.15. The van der Waals surface area contributed by atoms with Crippen molar-refractivity contribution in [1.29, 1.82) is 0 Å². The molecule has 0 heterocycles. The van der Waals surface area contributed by atoms with Crippen molar-refractivity contribution < 1.29 is 18.7 Å². The number of carbonyl (C=O) groups is 1. The topological polar surface area (TPSA) is 35.5 Å². The number of ether oxygens (including phenoxy) is 2. The zero-order valence-corrected chi connectivity index (χ0v) is 14.6. The van der Waals surface area contributed by atoms with Crippen molar-refractivity contribution in [3.63, 3.8) is 0 Å². The number of methoxy groups -OCH3 is 2. The fourth-order valence-electron chi connectivity index (χ4n) is 5.89. The Bertz CT molecular complexity index is 686. The van der Waals surface area contributed by atoms with Crippen LogP contribution in [0.2, 0.25) is 0 Å². The molecule has 0 amide bonds. The molecule has 130 valence electrons. The summed E-state index contributed by atoms with van der Waals surface area (Å²) in [6.45, 7) is 2.32. The Morgan fingerprint density at radius 1 is 1.21 bits per heavy atom. The zero-order valence-electron chi connectivity index (χ0n) is 14.6. The maximum absolute atomic E-state index is 14.3. The number of hydrogen-bond acceptors (Lipinski definition) is 3. The molecule has 4 heteroatoms. The van der Waals surface area contributed by atoms with Gasteiger partial charge in [0, 0.05) is 19.1 Å². The Balaban J connectivity index is 1.75. The molecular weight excluding hydrogens is 306 g/mol. The molecular formula is C20H25FO3. The van der Waals surface area contributed by atoms with Crippen LogP contribution in [0.5, 0.6) is 5.75 Å². The lowest BCUT2D eigenvalue weighted by Crippen LogP contribution is -2.45. The fraction of sp³-hybridized carbons (Fsp3) is 0.650. The molecule has 0 aromatic heterocycles. The molecule has 4 rings (SSSR count). The smallest absolute Gasteiger partial charge is 0.165 e. The highest BCUT2D eigenvalue weighted by molar-refractivity contribution is 5.99. The molecule has 0 aliphatic heterocycles. The minimum atomic E-state index is -0.362. The highest BCUT2D eigenvalue weighted by Crippen LogP contribution is 2.61. The first-order valence-corrected chi connectivity index (χ1v) is 8.93. The molecule has 24 heavy (non-hydrogen) atoms. The molecule has 0 N–H and O–H groups in total. The van der Waals surface area contributed by atoms with E-state index in [4.69, 9.17) is 9.47 Å². The largest absolute Gasteiger partial charge is 0.494 e. The summed E-state index contributed by atoms with van der Waals surface area (Å²) in [6.07, 6.45) is 5.12. The van der Waals surface area contributed by atoms with Gasteiger partial charge in [-0.1, -0.05) is 6.92 Å². The van der Waals surface area contributed by atoms with Crippen molar-refractivity contribution in [1.82, 2.24) is 0 Å². The maximum atomic E-state index is 14.3. The van der Waals surface area contributed by atoms with Gasteiger partial charge in [-0.2, -0.15) is 0 Å². The van der Waals surface area contributed by atoms with Crippen molar-refractivity contribution in [2.75, 3.05) is 14.2 Å². The van der Waals surface area contributed by atoms with Gasteiger partial charge in [-0.05, 0) is 66.5 Å². The lowest BCUT2D eigenvalue weighted by atomic mass is 9.55. The van der Waals surface area contributed by atoms with Crippen LogP contribution in [0, 0.1) is 23.1 Å². The van der Waals surface area contributed by atoms with E-state index >= 15 is 0 Å². The molecule has 3 aliphatic carbocycles. The molecule has 0 radical (unpaired) electrons. The van der Waals surface area contributed by atoms with Crippen LogP contribution in [0.4, 0.5) is 4.39 Å². The summed E-state index contributed by atoms with van der Waals surface area (Å²) in [4.78, 5) is 12.8. The standard InChI is InChI=1S/C20H25FO3/c1-20-7-6-11-12-8-16(21)18(23-2)10-14(12)17(22)9-13(11)15(20)4-5-19(20)24-3/h8,10-11,13,15,19H,4-7,9H2,1-3H3/t11-,13-,15+,19+,20+/m1/s1/i21-1. The van der Waals surface area contributed by atoms with E-state index in [-0.39, 0.29) is 34.8 Å². The van der Waals surface area contributed by atoms with Gasteiger partial charge in [0.1, 0.15) is 0 Å². The van der Waals surface area contributed by atoms with Gasteiger partial charge >= 0.3 is 0 Å². The number of ketones is 1. The Hall–Kier alpha value is -1.42. The Kier molecular flexibility index (Phi) is 3.72. The molecule has 1 aromatic carbocycles. The van der Waals surface area contributed by atoms with Crippen molar-refractivity contribution in [3.8, 4) is 5.75 Å². The predicted octanol–water partition coefficient (Wildman–Crippen LogP) is 4.35. The number of rotatable bonds is 2. The first-order chi connectivity index (χ1) is 11.5. The van der Waals surface area contributed by atoms with Gasteiger partial charge in [0.25, 0.3) is 0 Å². The van der Waals surface area contributed by atoms with Crippen LogP contribution in [0.1, 0.15) is 60.9 Å². The van der Waals surface area contributed by atoms with Gasteiger partial charge in [-0.25, -0.2) is 4.39 Å². The molecule has 2 saturated carbocycles. The van der Waals surface area contributed by atoms with Gasteiger partial charge in [-0.3, -0.25) is 4.79 Å². The van der Waals surface area contributed by atoms with E-state index in [1.54, 1.807) is 19.2 Å². The molecule has 3 nitrogen and oxygen atoms in total. The second-order valence-corrected chi connectivity index (χ2v) is 7.92. The normalized spacial score (nSPS) is 37.6. The number of hydrogen-bond donors (Lipinski definition) is 0. The Labute approximate surface area is 142 Å². The van der Waals surface area contributed by atoms with Gasteiger partial charge in [0.2, 0.25) is 0 Å². The highest BCUT2D eigenvalue weighted by Gasteiger charge is 2.56. The van der Waals surface area contributed by atoms with Crippen molar-refractivity contribution in [3.05, 3.63) is 29.1 Å². The van der Waals surface area contributed by atoms with Gasteiger partial charge < -0.3 is 9.47 Å². The number of carbonyl (C=O) groups excluding carboxylic acids is 1. The van der Waals surface area contributed by atoms with Gasteiger partial charge in [0.05, 0.1) is 13.2 Å². The van der Waals surface area contributed by atoms with Crippen LogP contribution < -0.4 is 4.74 Å². The second kappa shape index (κ2) is 5.55. The van der Waals surface area contributed by atoms with E-state index in [1.165, 1.54) is 7.11 Å². The second-order valence-electron chi connectivity index (χ2n) is 7.92. The lowest BCUT2D eigenvalue weighted by Gasteiger charge is -2.50. The number of halogens is 1. The third kappa shape index (κ3) is 2.08. The number of Topliss-reactive ketones (excluding diaryl/α,β-unsaturated/α-hetero) is 1. The minimum absolute atomic E-state index is 0.134.